The van der Waals surface area contributed by atoms with Crippen LogP contribution in [0.3, 0.4) is 0 Å². The molecule has 0 aromatic heterocycles. The smallest absolute Gasteiger partial charge is 0.0431 e. The highest BCUT2D eigenvalue weighted by atomic mass is 16.3. The van der Waals surface area contributed by atoms with Crippen molar-refractivity contribution in [1.82, 2.24) is 4.90 Å². The second-order valence-corrected chi connectivity index (χ2v) is 9.20. The van der Waals surface area contributed by atoms with Gasteiger partial charge in [0.15, 0.2) is 0 Å². The van der Waals surface area contributed by atoms with E-state index in [1.165, 1.54) is 45.1 Å². The quantitative estimate of drug-likeness (QED) is 0.393. The molecule has 0 aliphatic carbocycles. The number of rotatable bonds is 16. The van der Waals surface area contributed by atoms with E-state index in [2.05, 4.69) is 39.6 Å². The van der Waals surface area contributed by atoms with E-state index in [4.69, 9.17) is 10.2 Å². The van der Waals surface area contributed by atoms with E-state index in [-0.39, 0.29) is 0 Å². The van der Waals surface area contributed by atoms with Gasteiger partial charge in [-0.05, 0) is 82.3 Å². The van der Waals surface area contributed by atoms with Crippen molar-refractivity contribution in [3.05, 3.63) is 0 Å². The minimum atomic E-state index is 0.323. The fraction of sp³-hybridized carbons (Fsp3) is 1.00. The standard InChI is InChI=1S/C21H45NO2/c1-20(2,14-11-19-24)12-7-8-13-21(3,4)15-17-22(5)16-9-6-10-18-23/h23-24H,6-19H2,1-5H3. The highest BCUT2D eigenvalue weighted by Crippen LogP contribution is 2.32. The Labute approximate surface area is 151 Å². The molecule has 0 atom stereocenters. The van der Waals surface area contributed by atoms with Gasteiger partial charge in [0, 0.05) is 13.2 Å². The Bertz CT molecular complexity index is 290. The highest BCUT2D eigenvalue weighted by Gasteiger charge is 2.20. The van der Waals surface area contributed by atoms with E-state index in [1.54, 1.807) is 0 Å². The zero-order chi connectivity index (χ0) is 18.5. The molecule has 2 N–H and O–H groups in total. The van der Waals surface area contributed by atoms with Crippen LogP contribution in [0.4, 0.5) is 0 Å². The third-order valence-corrected chi connectivity index (χ3v) is 5.34. The van der Waals surface area contributed by atoms with Crippen LogP contribution < -0.4 is 0 Å². The summed E-state index contributed by atoms with van der Waals surface area (Å²) in [7, 11) is 2.22. The van der Waals surface area contributed by atoms with Crippen LogP contribution in [0.25, 0.3) is 0 Å². The maximum absolute atomic E-state index is 8.98. The normalized spacial score (nSPS) is 13.0. The lowest BCUT2D eigenvalue weighted by atomic mass is 9.79. The Morgan fingerprint density at radius 1 is 0.583 bits per heavy atom. The Kier molecular flexibility index (Phi) is 13.1. The van der Waals surface area contributed by atoms with Crippen LogP contribution in [0.15, 0.2) is 0 Å². The molecule has 0 saturated carbocycles. The molecule has 3 nitrogen and oxygen atoms in total. The molecule has 24 heavy (non-hydrogen) atoms. The van der Waals surface area contributed by atoms with Gasteiger partial charge < -0.3 is 15.1 Å². The molecule has 0 rings (SSSR count). The van der Waals surface area contributed by atoms with Crippen LogP contribution in [0.2, 0.25) is 0 Å². The summed E-state index contributed by atoms with van der Waals surface area (Å²) >= 11 is 0. The summed E-state index contributed by atoms with van der Waals surface area (Å²) < 4.78 is 0. The minimum Gasteiger partial charge on any atom is -0.396 e. The molecule has 0 aromatic rings. The van der Waals surface area contributed by atoms with Crippen molar-refractivity contribution in [2.24, 2.45) is 10.8 Å². The first kappa shape index (κ1) is 23.9. The van der Waals surface area contributed by atoms with E-state index >= 15 is 0 Å². The van der Waals surface area contributed by atoms with Gasteiger partial charge in [-0.25, -0.2) is 0 Å². The van der Waals surface area contributed by atoms with Crippen LogP contribution in [0.5, 0.6) is 0 Å². The molecule has 0 aliphatic heterocycles. The number of nitrogens with zero attached hydrogens (tertiary/aromatic N) is 1. The molecule has 0 unspecified atom stereocenters. The Morgan fingerprint density at radius 3 is 1.62 bits per heavy atom. The van der Waals surface area contributed by atoms with Crippen molar-refractivity contribution in [1.29, 1.82) is 0 Å². The SMILES string of the molecule is CN(CCCCCO)CCC(C)(C)CCCCC(C)(C)CCCO. The van der Waals surface area contributed by atoms with Crippen LogP contribution in [-0.2, 0) is 0 Å². The second-order valence-electron chi connectivity index (χ2n) is 9.20. The summed E-state index contributed by atoms with van der Waals surface area (Å²) in [6.07, 6.45) is 11.8. The van der Waals surface area contributed by atoms with Gasteiger partial charge in [0.25, 0.3) is 0 Å². The van der Waals surface area contributed by atoms with Gasteiger partial charge in [0.2, 0.25) is 0 Å². The van der Waals surface area contributed by atoms with E-state index in [1.807, 2.05) is 0 Å². The van der Waals surface area contributed by atoms with Crippen molar-refractivity contribution in [2.45, 2.75) is 91.9 Å². The molecule has 0 radical (unpaired) electrons. The first-order valence-electron chi connectivity index (χ1n) is 10.1. The summed E-state index contributed by atoms with van der Waals surface area (Å²) in [5.41, 5.74) is 0.802. The lowest BCUT2D eigenvalue weighted by Gasteiger charge is -2.29. The average Bonchev–Trinajstić information content (AvgIpc) is 2.52. The molecule has 0 bridgehead atoms. The predicted molar refractivity (Wildman–Crippen MR) is 105 cm³/mol. The number of aliphatic hydroxyl groups is 2. The minimum absolute atomic E-state index is 0.323. The van der Waals surface area contributed by atoms with Gasteiger partial charge >= 0.3 is 0 Å². The molecule has 3 heteroatoms. The third kappa shape index (κ3) is 14.2. The molecule has 0 saturated heterocycles. The van der Waals surface area contributed by atoms with Crippen molar-refractivity contribution < 1.29 is 10.2 Å². The van der Waals surface area contributed by atoms with Gasteiger partial charge in [-0.15, -0.1) is 0 Å². The summed E-state index contributed by atoms with van der Waals surface area (Å²) in [4.78, 5) is 2.44. The number of hydrogen-bond acceptors (Lipinski definition) is 3. The topological polar surface area (TPSA) is 43.7 Å². The Hall–Kier alpha value is -0.120. The van der Waals surface area contributed by atoms with E-state index < -0.39 is 0 Å². The number of unbranched alkanes of at least 4 members (excludes halogenated alkanes) is 3. The summed E-state index contributed by atoms with van der Waals surface area (Å²) in [6.45, 7) is 12.5. The first-order chi connectivity index (χ1) is 11.2. The summed E-state index contributed by atoms with van der Waals surface area (Å²) in [5, 5.41) is 17.8. The summed E-state index contributed by atoms with van der Waals surface area (Å²) in [6, 6.07) is 0. The van der Waals surface area contributed by atoms with Gasteiger partial charge in [-0.3, -0.25) is 0 Å². The first-order valence-corrected chi connectivity index (χ1v) is 10.1. The largest absolute Gasteiger partial charge is 0.396 e. The van der Waals surface area contributed by atoms with Crippen LogP contribution in [-0.4, -0.2) is 48.5 Å². The zero-order valence-corrected chi connectivity index (χ0v) is 17.2. The van der Waals surface area contributed by atoms with Gasteiger partial charge in [0.1, 0.15) is 0 Å². The second kappa shape index (κ2) is 13.1. The molecule has 0 aliphatic rings. The Balaban J connectivity index is 3.81. The lowest BCUT2D eigenvalue weighted by molar-refractivity contribution is 0.210. The third-order valence-electron chi connectivity index (χ3n) is 5.34. The molecule has 0 amide bonds. The van der Waals surface area contributed by atoms with Gasteiger partial charge in [0.05, 0.1) is 0 Å². The number of hydrogen-bond donors (Lipinski definition) is 2. The molecule has 0 aromatic carbocycles. The van der Waals surface area contributed by atoms with Gasteiger partial charge in [-0.1, -0.05) is 40.5 Å². The molecule has 146 valence electrons. The van der Waals surface area contributed by atoms with Crippen molar-refractivity contribution in [2.75, 3.05) is 33.4 Å². The van der Waals surface area contributed by atoms with Crippen LogP contribution in [0.1, 0.15) is 91.9 Å². The molecule has 0 heterocycles. The monoisotopic (exact) mass is 343 g/mol. The predicted octanol–water partition coefficient (Wildman–Crippen LogP) is 4.86. The summed E-state index contributed by atoms with van der Waals surface area (Å²) in [5.74, 6) is 0. The van der Waals surface area contributed by atoms with E-state index in [9.17, 15) is 0 Å². The highest BCUT2D eigenvalue weighted by molar-refractivity contribution is 4.73. The fourth-order valence-electron chi connectivity index (χ4n) is 3.29. The Morgan fingerprint density at radius 2 is 1.08 bits per heavy atom. The average molecular weight is 344 g/mol. The van der Waals surface area contributed by atoms with E-state index in [0.29, 0.717) is 24.0 Å². The maximum Gasteiger partial charge on any atom is 0.0431 e. The number of aliphatic hydroxyl groups excluding tert-OH is 2. The zero-order valence-electron chi connectivity index (χ0n) is 17.2. The molecule has 0 fully saturated rings. The van der Waals surface area contributed by atoms with Crippen LogP contribution >= 0.6 is 0 Å². The van der Waals surface area contributed by atoms with Crippen molar-refractivity contribution in [3.8, 4) is 0 Å². The van der Waals surface area contributed by atoms with E-state index in [0.717, 1.165) is 32.2 Å². The van der Waals surface area contributed by atoms with Gasteiger partial charge in [-0.2, -0.15) is 0 Å². The molecular weight excluding hydrogens is 298 g/mol. The maximum atomic E-state index is 8.98. The fourth-order valence-corrected chi connectivity index (χ4v) is 3.29. The lowest BCUT2D eigenvalue weighted by Crippen LogP contribution is -2.26. The van der Waals surface area contributed by atoms with Crippen molar-refractivity contribution >= 4 is 0 Å². The molecular formula is C21H45NO2. The van der Waals surface area contributed by atoms with Crippen LogP contribution in [0, 0.1) is 10.8 Å². The van der Waals surface area contributed by atoms with Crippen molar-refractivity contribution in [3.63, 3.8) is 0 Å². The molecule has 0 spiro atoms.